The van der Waals surface area contributed by atoms with E-state index in [1.165, 1.54) is 0 Å². The summed E-state index contributed by atoms with van der Waals surface area (Å²) in [5.41, 5.74) is 3.08. The molecule has 176 valence electrons. The summed E-state index contributed by atoms with van der Waals surface area (Å²) >= 11 is 0. The van der Waals surface area contributed by atoms with Crippen molar-refractivity contribution < 1.29 is 14.3 Å². The first-order valence-corrected chi connectivity index (χ1v) is 11.9. The minimum Gasteiger partial charge on any atom is -0.496 e. The first-order valence-electron chi connectivity index (χ1n) is 11.9. The number of carbonyl (C=O) groups is 2. The number of anilines is 1. The van der Waals surface area contributed by atoms with E-state index in [-0.39, 0.29) is 18.0 Å². The van der Waals surface area contributed by atoms with Crippen LogP contribution < -0.4 is 15.4 Å². The van der Waals surface area contributed by atoms with Gasteiger partial charge in [0.1, 0.15) is 5.75 Å². The molecule has 2 aromatic carbocycles. The summed E-state index contributed by atoms with van der Waals surface area (Å²) < 4.78 is 5.60. The number of rotatable bonds is 7. The predicted octanol–water partition coefficient (Wildman–Crippen LogP) is 4.20. The maximum Gasteiger partial charge on any atom is 0.319 e. The molecule has 0 aliphatic carbocycles. The topological polar surface area (TPSA) is 73.9 Å². The molecule has 2 fully saturated rings. The number of para-hydroxylation sites is 1. The SMILES string of the molecule is COc1ccccc1C(CNC(=O)Nc1cccc(C)c1C(=O)N1CCCC1)N1CCCC1. The largest absolute Gasteiger partial charge is 0.496 e. The van der Waals surface area contributed by atoms with E-state index in [9.17, 15) is 9.59 Å². The highest BCUT2D eigenvalue weighted by atomic mass is 16.5. The third-order valence-corrected chi connectivity index (χ3v) is 6.66. The molecule has 2 N–H and O–H groups in total. The van der Waals surface area contributed by atoms with Gasteiger partial charge in [-0.2, -0.15) is 0 Å². The van der Waals surface area contributed by atoms with Crippen LogP contribution in [0.1, 0.15) is 53.2 Å². The van der Waals surface area contributed by atoms with Crippen LogP contribution in [-0.4, -0.2) is 61.6 Å². The first kappa shape index (κ1) is 23.1. The Labute approximate surface area is 196 Å². The number of hydrogen-bond donors (Lipinski definition) is 2. The quantitative estimate of drug-likeness (QED) is 0.663. The molecule has 1 unspecified atom stereocenters. The summed E-state index contributed by atoms with van der Waals surface area (Å²) in [6, 6.07) is 13.3. The Bertz CT molecular complexity index is 981. The van der Waals surface area contributed by atoms with E-state index >= 15 is 0 Å². The predicted molar refractivity (Wildman–Crippen MR) is 130 cm³/mol. The number of urea groups is 1. The molecule has 4 rings (SSSR count). The fraction of sp³-hybridized carbons (Fsp3) is 0.462. The maximum absolute atomic E-state index is 13.1. The summed E-state index contributed by atoms with van der Waals surface area (Å²) in [5, 5.41) is 5.98. The van der Waals surface area contributed by atoms with Gasteiger partial charge in [-0.25, -0.2) is 4.79 Å². The normalized spacial score (nSPS) is 17.1. The van der Waals surface area contributed by atoms with E-state index in [1.807, 2.05) is 42.2 Å². The smallest absolute Gasteiger partial charge is 0.319 e. The number of aryl methyl sites for hydroxylation is 1. The summed E-state index contributed by atoms with van der Waals surface area (Å²) in [7, 11) is 1.68. The molecule has 33 heavy (non-hydrogen) atoms. The molecule has 0 spiro atoms. The molecule has 7 nitrogen and oxygen atoms in total. The summed E-state index contributed by atoms with van der Waals surface area (Å²) in [4.78, 5) is 30.3. The van der Waals surface area contributed by atoms with Gasteiger partial charge in [0.25, 0.3) is 5.91 Å². The van der Waals surface area contributed by atoms with Crippen LogP contribution >= 0.6 is 0 Å². The highest BCUT2D eigenvalue weighted by molar-refractivity contribution is 6.04. The Morgan fingerprint density at radius 2 is 1.67 bits per heavy atom. The molecule has 0 aromatic heterocycles. The average molecular weight is 451 g/mol. The van der Waals surface area contributed by atoms with Crippen LogP contribution in [0.3, 0.4) is 0 Å². The fourth-order valence-electron chi connectivity index (χ4n) is 4.92. The Morgan fingerprint density at radius 3 is 2.39 bits per heavy atom. The number of benzene rings is 2. The molecule has 0 saturated carbocycles. The zero-order valence-electron chi connectivity index (χ0n) is 19.6. The van der Waals surface area contributed by atoms with Crippen molar-refractivity contribution in [3.05, 3.63) is 59.2 Å². The van der Waals surface area contributed by atoms with Gasteiger partial charge in [-0.1, -0.05) is 30.3 Å². The third kappa shape index (κ3) is 5.30. The van der Waals surface area contributed by atoms with Crippen molar-refractivity contribution in [2.75, 3.05) is 45.2 Å². The van der Waals surface area contributed by atoms with Crippen LogP contribution in [0.25, 0.3) is 0 Å². The van der Waals surface area contributed by atoms with E-state index in [0.29, 0.717) is 17.8 Å². The van der Waals surface area contributed by atoms with E-state index < -0.39 is 0 Å². The van der Waals surface area contributed by atoms with E-state index in [4.69, 9.17) is 4.74 Å². The van der Waals surface area contributed by atoms with Crippen molar-refractivity contribution in [1.29, 1.82) is 0 Å². The van der Waals surface area contributed by atoms with Gasteiger partial charge in [0, 0.05) is 25.2 Å². The highest BCUT2D eigenvalue weighted by Crippen LogP contribution is 2.31. The van der Waals surface area contributed by atoms with Crippen molar-refractivity contribution in [1.82, 2.24) is 15.1 Å². The second kappa shape index (κ2) is 10.7. The van der Waals surface area contributed by atoms with Crippen molar-refractivity contribution in [3.8, 4) is 5.75 Å². The minimum atomic E-state index is -0.310. The molecule has 7 heteroatoms. The second-order valence-electron chi connectivity index (χ2n) is 8.83. The van der Waals surface area contributed by atoms with Gasteiger partial charge in [-0.05, 0) is 63.4 Å². The minimum absolute atomic E-state index is 0.00938. The number of carbonyl (C=O) groups excluding carboxylic acids is 2. The van der Waals surface area contributed by atoms with Crippen molar-refractivity contribution in [2.45, 2.75) is 38.6 Å². The molecule has 2 saturated heterocycles. The maximum atomic E-state index is 13.1. The van der Waals surface area contributed by atoms with Crippen LogP contribution in [0, 0.1) is 6.92 Å². The standard InChI is InChI=1S/C26H34N4O3/c1-19-10-9-12-21(24(19)25(31)30-16-7-8-17-30)28-26(32)27-18-22(29-14-5-6-15-29)20-11-3-4-13-23(20)33-2/h3-4,9-13,22H,5-8,14-18H2,1-2H3,(H2,27,28,32). The van der Waals surface area contributed by atoms with Gasteiger partial charge in [-0.15, -0.1) is 0 Å². The number of likely N-dealkylation sites (tertiary alicyclic amines) is 2. The van der Waals surface area contributed by atoms with Gasteiger partial charge >= 0.3 is 6.03 Å². The van der Waals surface area contributed by atoms with Crippen molar-refractivity contribution in [2.24, 2.45) is 0 Å². The molecule has 2 heterocycles. The number of nitrogens with zero attached hydrogens (tertiary/aromatic N) is 2. The molecule has 2 aliphatic rings. The number of methoxy groups -OCH3 is 1. The van der Waals surface area contributed by atoms with Gasteiger partial charge < -0.3 is 20.3 Å². The van der Waals surface area contributed by atoms with Gasteiger partial charge in [0.15, 0.2) is 0 Å². The molecule has 0 radical (unpaired) electrons. The Hall–Kier alpha value is -3.06. The fourth-order valence-corrected chi connectivity index (χ4v) is 4.92. The van der Waals surface area contributed by atoms with Gasteiger partial charge in [-0.3, -0.25) is 9.69 Å². The first-order chi connectivity index (χ1) is 16.1. The van der Waals surface area contributed by atoms with E-state index in [2.05, 4.69) is 21.6 Å². The number of ether oxygens (including phenoxy) is 1. The third-order valence-electron chi connectivity index (χ3n) is 6.66. The zero-order chi connectivity index (χ0) is 23.2. The molecule has 2 aromatic rings. The zero-order valence-corrected chi connectivity index (χ0v) is 19.6. The van der Waals surface area contributed by atoms with E-state index in [1.54, 1.807) is 13.2 Å². The van der Waals surface area contributed by atoms with Crippen molar-refractivity contribution >= 4 is 17.6 Å². The van der Waals surface area contributed by atoms with Crippen LogP contribution in [0.5, 0.6) is 5.75 Å². The lowest BCUT2D eigenvalue weighted by molar-refractivity contribution is 0.0793. The van der Waals surface area contributed by atoms with E-state index in [0.717, 1.165) is 68.7 Å². The summed E-state index contributed by atoms with van der Waals surface area (Å²) in [6.07, 6.45) is 4.37. The van der Waals surface area contributed by atoms with Gasteiger partial charge in [0.2, 0.25) is 0 Å². The molecule has 3 amide bonds. The summed E-state index contributed by atoms with van der Waals surface area (Å²) in [6.45, 7) is 5.91. The van der Waals surface area contributed by atoms with Crippen LogP contribution in [0.15, 0.2) is 42.5 Å². The van der Waals surface area contributed by atoms with Crippen LogP contribution in [0.4, 0.5) is 10.5 Å². The summed E-state index contributed by atoms with van der Waals surface area (Å²) in [5.74, 6) is 0.818. The monoisotopic (exact) mass is 450 g/mol. The molecule has 2 aliphatic heterocycles. The number of amides is 3. The van der Waals surface area contributed by atoms with Crippen LogP contribution in [-0.2, 0) is 0 Å². The molecule has 0 bridgehead atoms. The highest BCUT2D eigenvalue weighted by Gasteiger charge is 2.27. The number of nitrogens with one attached hydrogen (secondary N) is 2. The Morgan fingerprint density at radius 1 is 0.970 bits per heavy atom. The average Bonchev–Trinajstić information content (AvgIpc) is 3.54. The Kier molecular flexibility index (Phi) is 7.50. The lowest BCUT2D eigenvalue weighted by Gasteiger charge is -2.29. The molecular weight excluding hydrogens is 416 g/mol. The van der Waals surface area contributed by atoms with Crippen LogP contribution in [0.2, 0.25) is 0 Å². The van der Waals surface area contributed by atoms with Gasteiger partial charge in [0.05, 0.1) is 24.4 Å². The second-order valence-corrected chi connectivity index (χ2v) is 8.83. The lowest BCUT2D eigenvalue weighted by atomic mass is 10.0. The molecular formula is C26H34N4O3. The van der Waals surface area contributed by atoms with Crippen molar-refractivity contribution in [3.63, 3.8) is 0 Å². The Balaban J connectivity index is 1.48. The lowest BCUT2D eigenvalue weighted by Crippen LogP contribution is -2.39. The molecule has 1 atom stereocenters. The number of hydrogen-bond acceptors (Lipinski definition) is 4.